The molecule has 0 saturated carbocycles. The second kappa shape index (κ2) is 7.83. The zero-order valence-corrected chi connectivity index (χ0v) is 15.5. The van der Waals surface area contributed by atoms with Crippen molar-refractivity contribution in [2.45, 2.75) is 58.7 Å². The summed E-state index contributed by atoms with van der Waals surface area (Å²) in [6.45, 7) is 7.61. The van der Waals surface area contributed by atoms with Crippen molar-refractivity contribution in [2.24, 2.45) is 0 Å². The van der Waals surface area contributed by atoms with Gasteiger partial charge in [-0.15, -0.1) is 0 Å². The summed E-state index contributed by atoms with van der Waals surface area (Å²) in [5, 5.41) is 0. The summed E-state index contributed by atoms with van der Waals surface area (Å²) in [6, 6.07) is 4.93. The van der Waals surface area contributed by atoms with Crippen LogP contribution >= 0.6 is 0 Å². The highest BCUT2D eigenvalue weighted by molar-refractivity contribution is 5.90. The number of esters is 2. The van der Waals surface area contributed by atoms with Crippen molar-refractivity contribution < 1.29 is 23.8 Å². The molecule has 1 fully saturated rings. The van der Waals surface area contributed by atoms with E-state index in [1.807, 2.05) is 0 Å². The molecule has 1 aliphatic heterocycles. The Labute approximate surface area is 149 Å². The molecule has 0 aromatic heterocycles. The van der Waals surface area contributed by atoms with Gasteiger partial charge in [-0.25, -0.2) is 4.79 Å². The summed E-state index contributed by atoms with van der Waals surface area (Å²) in [4.78, 5) is 23.1. The summed E-state index contributed by atoms with van der Waals surface area (Å²) < 4.78 is 15.9. The summed E-state index contributed by atoms with van der Waals surface area (Å²) in [5.41, 5.74) is 2.32. The van der Waals surface area contributed by atoms with E-state index in [-0.39, 0.29) is 11.7 Å². The SMILES string of the molecule is COC(=O)c1ccc(OC(C)=O)c(C[C@H]2O[C@]2(C)CCC=C(C)C)c1. The minimum Gasteiger partial charge on any atom is -0.465 e. The predicted molar refractivity (Wildman–Crippen MR) is 94.7 cm³/mol. The van der Waals surface area contributed by atoms with Crippen LogP contribution in [-0.4, -0.2) is 30.8 Å². The lowest BCUT2D eigenvalue weighted by atomic mass is 9.95. The van der Waals surface area contributed by atoms with Crippen LogP contribution in [0.4, 0.5) is 0 Å². The van der Waals surface area contributed by atoms with E-state index in [0.29, 0.717) is 17.7 Å². The van der Waals surface area contributed by atoms with E-state index in [2.05, 4.69) is 26.8 Å². The largest absolute Gasteiger partial charge is 0.465 e. The van der Waals surface area contributed by atoms with Crippen molar-refractivity contribution in [3.05, 3.63) is 41.0 Å². The van der Waals surface area contributed by atoms with Gasteiger partial charge < -0.3 is 14.2 Å². The second-order valence-electron chi connectivity index (χ2n) is 6.85. The van der Waals surface area contributed by atoms with Crippen LogP contribution in [-0.2, 0) is 20.7 Å². The highest BCUT2D eigenvalue weighted by Crippen LogP contribution is 2.43. The average molecular weight is 346 g/mol. The predicted octanol–water partition coefficient (Wildman–Crippen LogP) is 3.84. The molecule has 136 valence electrons. The van der Waals surface area contributed by atoms with E-state index in [9.17, 15) is 9.59 Å². The van der Waals surface area contributed by atoms with Crippen molar-refractivity contribution in [1.82, 2.24) is 0 Å². The zero-order valence-electron chi connectivity index (χ0n) is 15.5. The molecule has 2 rings (SSSR count). The van der Waals surface area contributed by atoms with Gasteiger partial charge in [0.25, 0.3) is 0 Å². The minimum absolute atomic E-state index is 0.0419. The molecule has 1 aromatic rings. The first-order chi connectivity index (χ1) is 11.7. The van der Waals surface area contributed by atoms with Gasteiger partial charge >= 0.3 is 11.9 Å². The lowest BCUT2D eigenvalue weighted by Gasteiger charge is -2.11. The Hall–Kier alpha value is -2.14. The number of ether oxygens (including phenoxy) is 3. The van der Waals surface area contributed by atoms with Gasteiger partial charge in [-0.2, -0.15) is 0 Å². The Kier molecular flexibility index (Phi) is 6.01. The highest BCUT2D eigenvalue weighted by Gasteiger charge is 2.51. The molecule has 1 heterocycles. The number of hydrogen-bond donors (Lipinski definition) is 0. The molecule has 0 unspecified atom stereocenters. The molecular formula is C20H26O5. The van der Waals surface area contributed by atoms with Crippen molar-refractivity contribution >= 4 is 11.9 Å². The number of hydrogen-bond acceptors (Lipinski definition) is 5. The number of epoxide rings is 1. The maximum atomic E-state index is 11.8. The van der Waals surface area contributed by atoms with E-state index in [0.717, 1.165) is 18.4 Å². The van der Waals surface area contributed by atoms with Crippen molar-refractivity contribution in [3.8, 4) is 5.75 Å². The first kappa shape index (κ1) is 19.2. The Morgan fingerprint density at radius 3 is 2.60 bits per heavy atom. The van der Waals surface area contributed by atoms with Gasteiger partial charge in [0.1, 0.15) is 5.75 Å². The third-order valence-corrected chi connectivity index (χ3v) is 4.37. The van der Waals surface area contributed by atoms with Crippen molar-refractivity contribution in [3.63, 3.8) is 0 Å². The number of carbonyl (C=O) groups is 2. The third kappa shape index (κ3) is 5.16. The Morgan fingerprint density at radius 1 is 1.28 bits per heavy atom. The number of benzene rings is 1. The van der Waals surface area contributed by atoms with E-state index < -0.39 is 11.9 Å². The molecule has 0 aliphatic carbocycles. The minimum atomic E-state index is -0.418. The van der Waals surface area contributed by atoms with Gasteiger partial charge in [-0.05, 0) is 57.4 Å². The average Bonchev–Trinajstić information content (AvgIpc) is 3.17. The number of allylic oxidation sites excluding steroid dienone is 2. The lowest BCUT2D eigenvalue weighted by Crippen LogP contribution is -2.13. The van der Waals surface area contributed by atoms with Crippen LogP contribution < -0.4 is 4.74 Å². The van der Waals surface area contributed by atoms with Gasteiger partial charge in [0.2, 0.25) is 0 Å². The molecule has 0 amide bonds. The second-order valence-corrected chi connectivity index (χ2v) is 6.85. The van der Waals surface area contributed by atoms with E-state index in [1.165, 1.54) is 19.6 Å². The molecule has 25 heavy (non-hydrogen) atoms. The van der Waals surface area contributed by atoms with Crippen LogP contribution in [0.2, 0.25) is 0 Å². The van der Waals surface area contributed by atoms with E-state index >= 15 is 0 Å². The summed E-state index contributed by atoms with van der Waals surface area (Å²) in [5.74, 6) is -0.351. The Balaban J connectivity index is 2.13. The van der Waals surface area contributed by atoms with Crippen LogP contribution in [0.25, 0.3) is 0 Å². The maximum Gasteiger partial charge on any atom is 0.337 e. The molecule has 1 aromatic carbocycles. The zero-order chi connectivity index (χ0) is 18.6. The monoisotopic (exact) mass is 346 g/mol. The quantitative estimate of drug-likeness (QED) is 0.325. The summed E-state index contributed by atoms with van der Waals surface area (Å²) in [7, 11) is 1.34. The Bertz CT molecular complexity index is 687. The number of carbonyl (C=O) groups excluding carboxylic acids is 2. The van der Waals surface area contributed by atoms with Gasteiger partial charge in [-0.1, -0.05) is 11.6 Å². The molecule has 0 N–H and O–H groups in total. The van der Waals surface area contributed by atoms with Crippen molar-refractivity contribution in [2.75, 3.05) is 7.11 Å². The van der Waals surface area contributed by atoms with E-state index in [4.69, 9.17) is 14.2 Å². The Morgan fingerprint density at radius 2 is 2.00 bits per heavy atom. The number of rotatable bonds is 7. The number of methoxy groups -OCH3 is 1. The first-order valence-corrected chi connectivity index (χ1v) is 8.46. The highest BCUT2D eigenvalue weighted by atomic mass is 16.6. The van der Waals surface area contributed by atoms with Crippen LogP contribution in [0.1, 0.15) is 56.5 Å². The lowest BCUT2D eigenvalue weighted by molar-refractivity contribution is -0.131. The van der Waals surface area contributed by atoms with Gasteiger partial charge in [-0.3, -0.25) is 4.79 Å². The molecule has 5 nitrogen and oxygen atoms in total. The van der Waals surface area contributed by atoms with Crippen LogP contribution in [0.5, 0.6) is 5.75 Å². The molecule has 5 heteroatoms. The normalized spacial score (nSPS) is 21.4. The van der Waals surface area contributed by atoms with Crippen LogP contribution in [0.15, 0.2) is 29.8 Å². The topological polar surface area (TPSA) is 65.1 Å². The standard InChI is InChI=1S/C20H26O5/c1-13(2)7-6-10-20(4)18(25-20)12-16-11-15(19(22)23-5)8-9-17(16)24-14(3)21/h7-9,11,18H,6,10,12H2,1-5H3/t18-,20-/m1/s1. The van der Waals surface area contributed by atoms with Gasteiger partial charge in [0.05, 0.1) is 24.4 Å². The molecule has 1 saturated heterocycles. The third-order valence-electron chi connectivity index (χ3n) is 4.37. The smallest absolute Gasteiger partial charge is 0.337 e. The molecule has 1 aliphatic rings. The molecule has 0 spiro atoms. The molecular weight excluding hydrogens is 320 g/mol. The van der Waals surface area contributed by atoms with Crippen molar-refractivity contribution in [1.29, 1.82) is 0 Å². The molecule has 0 bridgehead atoms. The molecule has 2 atom stereocenters. The molecule has 0 radical (unpaired) electrons. The fraction of sp³-hybridized carbons (Fsp3) is 0.500. The van der Waals surface area contributed by atoms with E-state index in [1.54, 1.807) is 18.2 Å². The van der Waals surface area contributed by atoms with Gasteiger partial charge in [0, 0.05) is 13.3 Å². The van der Waals surface area contributed by atoms with Crippen LogP contribution in [0, 0.1) is 0 Å². The van der Waals surface area contributed by atoms with Gasteiger partial charge in [0.15, 0.2) is 0 Å². The fourth-order valence-electron chi connectivity index (χ4n) is 2.85. The summed E-state index contributed by atoms with van der Waals surface area (Å²) in [6.07, 6.45) is 4.72. The maximum absolute atomic E-state index is 11.8. The first-order valence-electron chi connectivity index (χ1n) is 8.46. The van der Waals surface area contributed by atoms with Crippen LogP contribution in [0.3, 0.4) is 0 Å². The fourth-order valence-corrected chi connectivity index (χ4v) is 2.85. The summed E-state index contributed by atoms with van der Waals surface area (Å²) >= 11 is 0.